The minimum absolute atomic E-state index is 0.198. The second-order valence-corrected chi connectivity index (χ2v) is 3.77. The zero-order valence-electron chi connectivity index (χ0n) is 8.46. The number of carbonyl (C=O) groups excluding carboxylic acids is 1. The maximum Gasteiger partial charge on any atom is 0.242 e. The van der Waals surface area contributed by atoms with Crippen LogP contribution in [-0.2, 0) is 4.79 Å². The molecule has 0 aromatic carbocycles. The number of hydrogen-bond acceptors (Lipinski definition) is 1. The molecule has 1 nitrogen and oxygen atoms in total. The highest BCUT2D eigenvalue weighted by atomic mass is 19.3. The Labute approximate surface area is 88.5 Å². The van der Waals surface area contributed by atoms with Crippen LogP contribution in [0.2, 0.25) is 0 Å². The highest BCUT2D eigenvalue weighted by molar-refractivity contribution is 5.94. The van der Waals surface area contributed by atoms with Crippen LogP contribution in [0.15, 0.2) is 12.2 Å². The molecule has 3 heteroatoms. The van der Waals surface area contributed by atoms with Crippen molar-refractivity contribution in [2.45, 2.75) is 32.1 Å². The molecule has 0 radical (unpaired) electrons. The van der Waals surface area contributed by atoms with Gasteiger partial charge < -0.3 is 0 Å². The molecule has 1 aliphatic carbocycles. The number of terminal acetylenes is 1. The molecule has 1 aliphatic rings. The fraction of sp³-hybridized carbons (Fsp3) is 0.583. The van der Waals surface area contributed by atoms with E-state index in [-0.39, 0.29) is 18.1 Å². The van der Waals surface area contributed by atoms with Crippen molar-refractivity contribution in [3.8, 4) is 12.3 Å². The molecule has 0 saturated heterocycles. The lowest BCUT2D eigenvalue weighted by molar-refractivity contribution is -0.114. The van der Waals surface area contributed by atoms with Gasteiger partial charge in [-0.25, -0.2) is 8.78 Å². The Balaban J connectivity index is 2.50. The first-order chi connectivity index (χ1) is 7.15. The van der Waals surface area contributed by atoms with E-state index in [1.165, 1.54) is 0 Å². The van der Waals surface area contributed by atoms with Gasteiger partial charge in [0.05, 0.1) is 0 Å². The number of Topliss-reactive ketones (excluding diaryl/α,β-unsaturated/α-hetero) is 1. The van der Waals surface area contributed by atoms with Crippen LogP contribution in [0, 0.1) is 24.2 Å². The van der Waals surface area contributed by atoms with E-state index in [9.17, 15) is 13.6 Å². The standard InChI is InChI=1S/C12H14F2O/c1-2-10(15)8-7-9-5-3-4-6-11(9)12(13)14/h1,3,5,9,11-12H,4,6-8H2. The van der Waals surface area contributed by atoms with E-state index in [0.717, 1.165) is 0 Å². The first-order valence-corrected chi connectivity index (χ1v) is 5.09. The van der Waals surface area contributed by atoms with Gasteiger partial charge in [0, 0.05) is 12.3 Å². The third-order valence-electron chi connectivity index (χ3n) is 2.79. The van der Waals surface area contributed by atoms with Gasteiger partial charge in [0.2, 0.25) is 12.2 Å². The lowest BCUT2D eigenvalue weighted by atomic mass is 9.81. The molecular weight excluding hydrogens is 198 g/mol. The summed E-state index contributed by atoms with van der Waals surface area (Å²) < 4.78 is 25.2. The van der Waals surface area contributed by atoms with Crippen molar-refractivity contribution in [1.82, 2.24) is 0 Å². The van der Waals surface area contributed by atoms with Crippen LogP contribution in [0.25, 0.3) is 0 Å². The van der Waals surface area contributed by atoms with Crippen molar-refractivity contribution in [3.05, 3.63) is 12.2 Å². The normalized spacial score (nSPS) is 25.2. The first-order valence-electron chi connectivity index (χ1n) is 5.09. The molecule has 0 amide bonds. The van der Waals surface area contributed by atoms with E-state index < -0.39 is 12.3 Å². The van der Waals surface area contributed by atoms with Gasteiger partial charge in [-0.1, -0.05) is 12.2 Å². The van der Waals surface area contributed by atoms with Crippen molar-refractivity contribution >= 4 is 5.78 Å². The highest BCUT2D eigenvalue weighted by Crippen LogP contribution is 2.32. The largest absolute Gasteiger partial charge is 0.285 e. The number of alkyl halides is 2. The van der Waals surface area contributed by atoms with Gasteiger partial charge in [0.25, 0.3) is 0 Å². The Morgan fingerprint density at radius 3 is 2.93 bits per heavy atom. The van der Waals surface area contributed by atoms with Gasteiger partial charge in [0.1, 0.15) is 0 Å². The Morgan fingerprint density at radius 1 is 1.60 bits per heavy atom. The molecular formula is C12H14F2O. The third-order valence-corrected chi connectivity index (χ3v) is 2.79. The Hall–Kier alpha value is -1.17. The van der Waals surface area contributed by atoms with Crippen LogP contribution < -0.4 is 0 Å². The molecule has 1 rings (SSSR count). The minimum Gasteiger partial charge on any atom is -0.285 e. The average molecular weight is 212 g/mol. The lowest BCUT2D eigenvalue weighted by Gasteiger charge is -2.26. The predicted molar refractivity (Wildman–Crippen MR) is 54.4 cm³/mol. The molecule has 0 N–H and O–H groups in total. The molecule has 0 spiro atoms. The number of allylic oxidation sites excluding steroid dienone is 2. The summed E-state index contributed by atoms with van der Waals surface area (Å²) in [4.78, 5) is 10.9. The lowest BCUT2D eigenvalue weighted by Crippen LogP contribution is -2.23. The summed E-state index contributed by atoms with van der Waals surface area (Å²) in [5, 5.41) is 0. The zero-order chi connectivity index (χ0) is 11.3. The summed E-state index contributed by atoms with van der Waals surface area (Å²) in [6.45, 7) is 0. The molecule has 0 bridgehead atoms. The second kappa shape index (κ2) is 5.65. The van der Waals surface area contributed by atoms with E-state index in [2.05, 4.69) is 0 Å². The van der Waals surface area contributed by atoms with E-state index >= 15 is 0 Å². The van der Waals surface area contributed by atoms with Crippen molar-refractivity contribution in [2.75, 3.05) is 0 Å². The maximum absolute atomic E-state index is 12.6. The summed E-state index contributed by atoms with van der Waals surface area (Å²) >= 11 is 0. The molecule has 0 aromatic heterocycles. The maximum atomic E-state index is 12.6. The molecule has 0 aromatic rings. The molecule has 0 aliphatic heterocycles. The fourth-order valence-electron chi connectivity index (χ4n) is 1.91. The van der Waals surface area contributed by atoms with Crippen molar-refractivity contribution < 1.29 is 13.6 Å². The molecule has 2 atom stereocenters. The number of halogens is 2. The van der Waals surface area contributed by atoms with Crippen LogP contribution in [-0.4, -0.2) is 12.2 Å². The van der Waals surface area contributed by atoms with Crippen molar-refractivity contribution in [3.63, 3.8) is 0 Å². The molecule has 0 heterocycles. The van der Waals surface area contributed by atoms with Crippen LogP contribution in [0.5, 0.6) is 0 Å². The van der Waals surface area contributed by atoms with Gasteiger partial charge in [0.15, 0.2) is 0 Å². The van der Waals surface area contributed by atoms with E-state index in [4.69, 9.17) is 6.42 Å². The van der Waals surface area contributed by atoms with E-state index in [0.29, 0.717) is 19.3 Å². The van der Waals surface area contributed by atoms with Gasteiger partial charge in [-0.15, -0.1) is 6.42 Å². The van der Waals surface area contributed by atoms with Crippen molar-refractivity contribution in [2.24, 2.45) is 11.8 Å². The monoisotopic (exact) mass is 212 g/mol. The highest BCUT2D eigenvalue weighted by Gasteiger charge is 2.29. The fourth-order valence-corrected chi connectivity index (χ4v) is 1.91. The Morgan fingerprint density at radius 2 is 2.33 bits per heavy atom. The number of rotatable bonds is 4. The summed E-state index contributed by atoms with van der Waals surface area (Å²) in [6.07, 6.45) is 8.16. The molecule has 0 fully saturated rings. The summed E-state index contributed by atoms with van der Waals surface area (Å²) in [5.41, 5.74) is 0. The predicted octanol–water partition coefficient (Wildman–Crippen LogP) is 2.82. The quantitative estimate of drug-likeness (QED) is 0.398. The van der Waals surface area contributed by atoms with Crippen LogP contribution in [0.1, 0.15) is 25.7 Å². The number of ketones is 1. The summed E-state index contributed by atoms with van der Waals surface area (Å²) in [6, 6.07) is 0. The Kier molecular flexibility index (Phi) is 4.48. The molecule has 82 valence electrons. The van der Waals surface area contributed by atoms with Gasteiger partial charge in [-0.3, -0.25) is 4.79 Å². The average Bonchev–Trinajstić information content (AvgIpc) is 2.26. The van der Waals surface area contributed by atoms with E-state index in [1.54, 1.807) is 6.08 Å². The first kappa shape index (κ1) is 11.9. The van der Waals surface area contributed by atoms with Crippen LogP contribution in [0.3, 0.4) is 0 Å². The SMILES string of the molecule is C#CC(=O)CCC1C=CCCC1C(F)F. The van der Waals surface area contributed by atoms with Gasteiger partial charge in [-0.2, -0.15) is 0 Å². The smallest absolute Gasteiger partial charge is 0.242 e. The van der Waals surface area contributed by atoms with Gasteiger partial charge >= 0.3 is 0 Å². The molecule has 15 heavy (non-hydrogen) atoms. The summed E-state index contributed by atoms with van der Waals surface area (Å²) in [5.74, 6) is 0.886. The number of hydrogen-bond donors (Lipinski definition) is 0. The minimum atomic E-state index is -2.30. The number of carbonyl (C=O) groups is 1. The second-order valence-electron chi connectivity index (χ2n) is 3.77. The van der Waals surface area contributed by atoms with Crippen molar-refractivity contribution in [1.29, 1.82) is 0 Å². The van der Waals surface area contributed by atoms with E-state index in [1.807, 2.05) is 12.0 Å². The summed E-state index contributed by atoms with van der Waals surface area (Å²) in [7, 11) is 0. The Bertz CT molecular complexity index is 288. The van der Waals surface area contributed by atoms with Crippen LogP contribution in [0.4, 0.5) is 8.78 Å². The topological polar surface area (TPSA) is 17.1 Å². The van der Waals surface area contributed by atoms with Crippen LogP contribution >= 0.6 is 0 Å². The van der Waals surface area contributed by atoms with Gasteiger partial charge in [-0.05, 0) is 31.1 Å². The molecule has 0 saturated carbocycles. The molecule has 2 unspecified atom stereocenters. The zero-order valence-corrected chi connectivity index (χ0v) is 8.46. The third kappa shape index (κ3) is 3.47.